The third kappa shape index (κ3) is 3.21. The molecule has 1 saturated carbocycles. The average molecular weight is 407 g/mol. The standard InChI is InChI=1S/C23H19ClN2O3/c24-19-10-2-1-8-17(19)23(27)26-22(20-11-5-13-29-20)18-9-3-6-15(21(18)25-26)14-16-7-4-12-28-16/h1-2,4-5,7-8,10-14,18,22H,3,6,9H2/b15-14-. The lowest BCUT2D eigenvalue weighted by atomic mass is 9.79. The van der Waals surface area contributed by atoms with Crippen LogP contribution in [0.2, 0.25) is 5.02 Å². The summed E-state index contributed by atoms with van der Waals surface area (Å²) < 4.78 is 11.2. The van der Waals surface area contributed by atoms with Crippen LogP contribution >= 0.6 is 11.6 Å². The van der Waals surface area contributed by atoms with Gasteiger partial charge in [0.15, 0.2) is 0 Å². The Kier molecular flexibility index (Phi) is 4.60. The second-order valence-corrected chi connectivity index (χ2v) is 7.67. The van der Waals surface area contributed by atoms with Crippen LogP contribution in [0.15, 0.2) is 80.6 Å². The van der Waals surface area contributed by atoms with Gasteiger partial charge in [0.2, 0.25) is 0 Å². The monoisotopic (exact) mass is 406 g/mol. The number of carbonyl (C=O) groups is 1. The maximum absolute atomic E-state index is 13.4. The molecular formula is C23H19ClN2O3. The molecule has 2 atom stereocenters. The topological polar surface area (TPSA) is 59.0 Å². The fourth-order valence-electron chi connectivity index (χ4n) is 4.21. The first-order valence-corrected chi connectivity index (χ1v) is 10.0. The van der Waals surface area contributed by atoms with Crippen LogP contribution in [0, 0.1) is 5.92 Å². The third-order valence-electron chi connectivity index (χ3n) is 5.51. The molecule has 6 heteroatoms. The smallest absolute Gasteiger partial charge is 0.276 e. The number of carbonyl (C=O) groups excluding carboxylic acids is 1. The van der Waals surface area contributed by atoms with Crippen molar-refractivity contribution in [3.05, 3.63) is 88.7 Å². The van der Waals surface area contributed by atoms with Gasteiger partial charge in [-0.2, -0.15) is 5.10 Å². The Bertz CT molecular complexity index is 1080. The zero-order valence-electron chi connectivity index (χ0n) is 15.6. The molecule has 146 valence electrons. The van der Waals surface area contributed by atoms with Crippen LogP contribution in [-0.2, 0) is 0 Å². The summed E-state index contributed by atoms with van der Waals surface area (Å²) in [6, 6.07) is 14.3. The van der Waals surface area contributed by atoms with E-state index in [0.29, 0.717) is 10.6 Å². The first-order chi connectivity index (χ1) is 14.2. The first-order valence-electron chi connectivity index (χ1n) is 9.67. The number of hydrogen-bond acceptors (Lipinski definition) is 4. The summed E-state index contributed by atoms with van der Waals surface area (Å²) in [5, 5.41) is 6.76. The van der Waals surface area contributed by atoms with Crippen LogP contribution < -0.4 is 0 Å². The van der Waals surface area contributed by atoms with Crippen molar-refractivity contribution in [3.63, 3.8) is 0 Å². The second kappa shape index (κ2) is 7.41. The van der Waals surface area contributed by atoms with E-state index in [-0.39, 0.29) is 17.9 Å². The first kappa shape index (κ1) is 18.0. The van der Waals surface area contributed by atoms with E-state index in [9.17, 15) is 4.79 Å². The van der Waals surface area contributed by atoms with Crippen molar-refractivity contribution in [2.24, 2.45) is 11.0 Å². The van der Waals surface area contributed by atoms with Gasteiger partial charge in [-0.15, -0.1) is 0 Å². The molecule has 3 aromatic rings. The fraction of sp³-hybridized carbons (Fsp3) is 0.217. The van der Waals surface area contributed by atoms with E-state index in [1.807, 2.05) is 36.4 Å². The maximum Gasteiger partial charge on any atom is 0.276 e. The van der Waals surface area contributed by atoms with Crippen LogP contribution in [0.1, 0.15) is 47.2 Å². The van der Waals surface area contributed by atoms with Crippen molar-refractivity contribution in [1.82, 2.24) is 5.01 Å². The van der Waals surface area contributed by atoms with E-state index in [1.54, 1.807) is 35.7 Å². The van der Waals surface area contributed by atoms with Crippen LogP contribution in [0.5, 0.6) is 0 Å². The number of allylic oxidation sites excluding steroid dienone is 1. The van der Waals surface area contributed by atoms with Crippen LogP contribution in [0.4, 0.5) is 0 Å². The predicted molar refractivity (Wildman–Crippen MR) is 111 cm³/mol. The Hall–Kier alpha value is -3.05. The van der Waals surface area contributed by atoms with Crippen molar-refractivity contribution < 1.29 is 13.6 Å². The van der Waals surface area contributed by atoms with E-state index < -0.39 is 0 Å². The Morgan fingerprint density at radius 1 is 1.10 bits per heavy atom. The highest BCUT2D eigenvalue weighted by Crippen LogP contribution is 2.45. The van der Waals surface area contributed by atoms with Gasteiger partial charge in [0.05, 0.1) is 28.8 Å². The molecule has 2 unspecified atom stereocenters. The molecule has 1 aliphatic carbocycles. The molecule has 5 rings (SSSR count). The van der Waals surface area contributed by atoms with Crippen molar-refractivity contribution in [1.29, 1.82) is 0 Å². The molecule has 29 heavy (non-hydrogen) atoms. The van der Waals surface area contributed by atoms with E-state index >= 15 is 0 Å². The molecule has 2 aromatic heterocycles. The molecular weight excluding hydrogens is 388 g/mol. The van der Waals surface area contributed by atoms with Crippen LogP contribution in [-0.4, -0.2) is 16.6 Å². The lowest BCUT2D eigenvalue weighted by molar-refractivity contribution is 0.0656. The number of fused-ring (bicyclic) bond motifs is 1. The van der Waals surface area contributed by atoms with Gasteiger partial charge in [-0.1, -0.05) is 23.7 Å². The van der Waals surface area contributed by atoms with Gasteiger partial charge >= 0.3 is 0 Å². The van der Waals surface area contributed by atoms with E-state index in [2.05, 4.69) is 0 Å². The molecule has 0 saturated heterocycles. The van der Waals surface area contributed by atoms with E-state index in [1.165, 1.54) is 0 Å². The number of hydrazone groups is 1. The minimum atomic E-state index is -0.288. The largest absolute Gasteiger partial charge is 0.467 e. The minimum absolute atomic E-state index is 0.0718. The van der Waals surface area contributed by atoms with Crippen molar-refractivity contribution in [3.8, 4) is 0 Å². The number of hydrogen-bond donors (Lipinski definition) is 0. The molecule has 1 aromatic carbocycles. The van der Waals surface area contributed by atoms with Gasteiger partial charge < -0.3 is 8.83 Å². The molecule has 1 aliphatic heterocycles. The quantitative estimate of drug-likeness (QED) is 0.539. The molecule has 0 spiro atoms. The summed E-state index contributed by atoms with van der Waals surface area (Å²) >= 11 is 6.30. The van der Waals surface area contributed by atoms with Gasteiger partial charge in [0.1, 0.15) is 17.6 Å². The zero-order valence-corrected chi connectivity index (χ0v) is 16.4. The fourth-order valence-corrected chi connectivity index (χ4v) is 4.43. The lowest BCUT2D eigenvalue weighted by Crippen LogP contribution is -2.31. The van der Waals surface area contributed by atoms with Gasteiger partial charge in [-0.25, -0.2) is 5.01 Å². The van der Waals surface area contributed by atoms with Crippen molar-refractivity contribution >= 4 is 29.3 Å². The van der Waals surface area contributed by atoms with E-state index in [4.69, 9.17) is 25.5 Å². The van der Waals surface area contributed by atoms with E-state index in [0.717, 1.165) is 42.1 Å². The zero-order chi connectivity index (χ0) is 19.8. The highest BCUT2D eigenvalue weighted by molar-refractivity contribution is 6.33. The molecule has 0 bridgehead atoms. The predicted octanol–water partition coefficient (Wildman–Crippen LogP) is 5.96. The number of nitrogens with zero attached hydrogens (tertiary/aromatic N) is 2. The molecule has 0 radical (unpaired) electrons. The molecule has 5 nitrogen and oxygen atoms in total. The van der Waals surface area contributed by atoms with Crippen molar-refractivity contribution in [2.45, 2.75) is 25.3 Å². The van der Waals surface area contributed by atoms with Crippen molar-refractivity contribution in [2.75, 3.05) is 0 Å². The van der Waals surface area contributed by atoms with Crippen LogP contribution in [0.25, 0.3) is 6.08 Å². The molecule has 0 N–H and O–H groups in total. The third-order valence-corrected chi connectivity index (χ3v) is 5.84. The number of halogens is 1. The summed E-state index contributed by atoms with van der Waals surface area (Å²) in [4.78, 5) is 13.4. The summed E-state index contributed by atoms with van der Waals surface area (Å²) in [6.07, 6.45) is 8.16. The minimum Gasteiger partial charge on any atom is -0.467 e. The van der Waals surface area contributed by atoms with Crippen LogP contribution in [0.3, 0.4) is 0 Å². The Morgan fingerprint density at radius 3 is 2.69 bits per heavy atom. The lowest BCUT2D eigenvalue weighted by Gasteiger charge is -2.27. The Labute approximate surface area is 173 Å². The molecule has 1 fully saturated rings. The summed E-state index contributed by atoms with van der Waals surface area (Å²) in [7, 11) is 0. The molecule has 1 amide bonds. The number of furan rings is 2. The second-order valence-electron chi connectivity index (χ2n) is 7.26. The summed E-state index contributed by atoms with van der Waals surface area (Å²) in [5.74, 6) is 1.36. The maximum atomic E-state index is 13.4. The highest BCUT2D eigenvalue weighted by atomic mass is 35.5. The Balaban J connectivity index is 1.59. The number of amides is 1. The molecule has 3 heterocycles. The van der Waals surface area contributed by atoms with Gasteiger partial charge in [-0.3, -0.25) is 4.79 Å². The SMILES string of the molecule is O=C(c1ccccc1Cl)N1N=C2/C(=C\c3ccco3)CCCC2C1c1ccco1. The highest BCUT2D eigenvalue weighted by Gasteiger charge is 2.45. The number of rotatable bonds is 3. The average Bonchev–Trinajstić information content (AvgIpc) is 3.48. The number of benzene rings is 1. The Morgan fingerprint density at radius 2 is 1.93 bits per heavy atom. The summed E-state index contributed by atoms with van der Waals surface area (Å²) in [5.41, 5.74) is 2.46. The normalized spacial score (nSPS) is 22.6. The molecule has 2 aliphatic rings. The van der Waals surface area contributed by atoms with Gasteiger partial charge in [0, 0.05) is 5.92 Å². The van der Waals surface area contributed by atoms with Gasteiger partial charge in [0.25, 0.3) is 5.91 Å². The van der Waals surface area contributed by atoms with Gasteiger partial charge in [-0.05, 0) is 67.3 Å². The summed E-state index contributed by atoms with van der Waals surface area (Å²) in [6.45, 7) is 0.